The summed E-state index contributed by atoms with van der Waals surface area (Å²) in [4.78, 5) is 25.1. The van der Waals surface area contributed by atoms with Crippen LogP contribution in [0.15, 0.2) is 113 Å². The van der Waals surface area contributed by atoms with Crippen LogP contribution >= 0.6 is 11.6 Å². The lowest BCUT2D eigenvalue weighted by Gasteiger charge is -2.24. The number of halogens is 1. The van der Waals surface area contributed by atoms with Crippen molar-refractivity contribution in [3.63, 3.8) is 0 Å². The normalized spacial score (nSPS) is 12.0. The van der Waals surface area contributed by atoms with E-state index in [1.54, 1.807) is 54.6 Å². The Morgan fingerprint density at radius 1 is 0.930 bits per heavy atom. The molecule has 0 heterocycles. The van der Waals surface area contributed by atoms with Crippen molar-refractivity contribution in [3.8, 4) is 5.75 Å². The lowest BCUT2D eigenvalue weighted by Crippen LogP contribution is -2.39. The van der Waals surface area contributed by atoms with Crippen LogP contribution in [0.3, 0.4) is 0 Å². The fraction of sp³-hybridized carbons (Fsp3) is 0.156. The first-order valence-corrected chi connectivity index (χ1v) is 15.2. The van der Waals surface area contributed by atoms with E-state index in [2.05, 4.69) is 15.8 Å². The molecule has 0 saturated heterocycles. The number of sulfonamides is 1. The monoisotopic (exact) mass is 618 g/mol. The summed E-state index contributed by atoms with van der Waals surface area (Å²) in [6.07, 6.45) is 1.41. The average molecular weight is 619 g/mol. The summed E-state index contributed by atoms with van der Waals surface area (Å²) in [6.45, 7) is 3.09. The minimum Gasteiger partial charge on any atom is -0.484 e. The summed E-state index contributed by atoms with van der Waals surface area (Å²) in [5.41, 5.74) is 5.16. The van der Waals surface area contributed by atoms with Crippen molar-refractivity contribution < 1.29 is 22.7 Å². The van der Waals surface area contributed by atoms with Crippen molar-refractivity contribution >= 4 is 45.3 Å². The van der Waals surface area contributed by atoms with Crippen molar-refractivity contribution in [3.05, 3.63) is 125 Å². The van der Waals surface area contributed by atoms with E-state index < -0.39 is 22.5 Å². The van der Waals surface area contributed by atoms with Gasteiger partial charge in [0.25, 0.3) is 21.8 Å². The molecule has 0 aliphatic carbocycles. The minimum absolute atomic E-state index is 0.0415. The number of nitrogens with one attached hydrogen (secondary N) is 2. The topological polar surface area (TPSA) is 117 Å². The van der Waals surface area contributed by atoms with Crippen LogP contribution < -0.4 is 19.8 Å². The molecule has 0 bridgehead atoms. The number of hydrogen-bond acceptors (Lipinski definition) is 6. The first kappa shape index (κ1) is 31.3. The van der Waals surface area contributed by atoms with Crippen LogP contribution in [-0.2, 0) is 19.6 Å². The number of anilines is 1. The molecule has 0 radical (unpaired) electrons. The van der Waals surface area contributed by atoms with Gasteiger partial charge in [-0.05, 0) is 79.6 Å². The van der Waals surface area contributed by atoms with E-state index in [0.717, 1.165) is 15.4 Å². The number of ether oxygens (including phenoxy) is 1. The largest absolute Gasteiger partial charge is 0.484 e. The number of hydrazone groups is 1. The van der Waals surface area contributed by atoms with E-state index in [0.29, 0.717) is 16.3 Å². The van der Waals surface area contributed by atoms with Gasteiger partial charge >= 0.3 is 0 Å². The van der Waals surface area contributed by atoms with Crippen LogP contribution in [-0.4, -0.2) is 39.6 Å². The van der Waals surface area contributed by atoms with Crippen molar-refractivity contribution in [2.75, 3.05) is 17.5 Å². The third-order valence-electron chi connectivity index (χ3n) is 6.32. The van der Waals surface area contributed by atoms with Gasteiger partial charge in [0, 0.05) is 5.02 Å². The molecule has 0 aliphatic rings. The minimum atomic E-state index is -4.08. The Kier molecular flexibility index (Phi) is 10.5. The molecule has 9 nitrogen and oxygen atoms in total. The highest BCUT2D eigenvalue weighted by Crippen LogP contribution is 2.26. The van der Waals surface area contributed by atoms with E-state index in [4.69, 9.17) is 16.3 Å². The molecule has 4 aromatic carbocycles. The summed E-state index contributed by atoms with van der Waals surface area (Å²) < 4.78 is 33.5. The van der Waals surface area contributed by atoms with Crippen LogP contribution in [0.2, 0.25) is 5.02 Å². The number of carbonyl (C=O) groups excluding carboxylic acids is 2. The zero-order valence-electron chi connectivity index (χ0n) is 23.6. The van der Waals surface area contributed by atoms with E-state index >= 15 is 0 Å². The number of hydrogen-bond donors (Lipinski definition) is 2. The highest BCUT2D eigenvalue weighted by molar-refractivity contribution is 7.92. The fourth-order valence-electron chi connectivity index (χ4n) is 4.04. The zero-order chi connectivity index (χ0) is 30.8. The van der Waals surface area contributed by atoms with Gasteiger partial charge in [-0.15, -0.1) is 0 Å². The van der Waals surface area contributed by atoms with Crippen molar-refractivity contribution in [2.24, 2.45) is 5.10 Å². The molecule has 0 fully saturated rings. The molecule has 0 unspecified atom stereocenters. The molecule has 1 atom stereocenters. The van der Waals surface area contributed by atoms with Gasteiger partial charge in [-0.3, -0.25) is 13.9 Å². The molecule has 2 amide bonds. The standard InChI is InChI=1S/C32H31ClN4O5S/c1-23-11-17-30(18-12-23)43(40,41)37(28-10-6-9-27(33)19-28)21-31(38)36-34-20-25-13-15-29(16-14-25)42-22-32(39)35-24(2)26-7-4-3-5-8-26/h3-20,24H,21-22H2,1-2H3,(H,35,39)(H,36,38)/b34-20-/t24-/m1/s1. The molecule has 4 rings (SSSR count). The molecule has 0 spiro atoms. The molecule has 0 aliphatic heterocycles. The Hall–Kier alpha value is -4.67. The van der Waals surface area contributed by atoms with Crippen LogP contribution in [0, 0.1) is 6.92 Å². The van der Waals surface area contributed by atoms with Gasteiger partial charge in [0.2, 0.25) is 0 Å². The number of benzene rings is 4. The molecule has 4 aromatic rings. The molecular weight excluding hydrogens is 588 g/mol. The van der Waals surface area contributed by atoms with Gasteiger partial charge in [0.05, 0.1) is 22.8 Å². The Morgan fingerprint density at radius 2 is 1.63 bits per heavy atom. The smallest absolute Gasteiger partial charge is 0.264 e. The molecule has 222 valence electrons. The van der Waals surface area contributed by atoms with Gasteiger partial charge in [0.1, 0.15) is 12.3 Å². The second-order valence-electron chi connectivity index (χ2n) is 9.66. The predicted octanol–water partition coefficient (Wildman–Crippen LogP) is 5.25. The maximum atomic E-state index is 13.5. The summed E-state index contributed by atoms with van der Waals surface area (Å²) in [7, 11) is -4.08. The number of amides is 2. The van der Waals surface area contributed by atoms with Crippen LogP contribution in [0.5, 0.6) is 5.75 Å². The Balaban J connectivity index is 1.33. The molecular formula is C32H31ClN4O5S. The summed E-state index contributed by atoms with van der Waals surface area (Å²) in [5, 5.41) is 7.18. The SMILES string of the molecule is Cc1ccc(S(=O)(=O)N(CC(=O)N/N=C\c2ccc(OCC(=O)N[C@H](C)c3ccccc3)cc2)c2cccc(Cl)c2)cc1. The van der Waals surface area contributed by atoms with E-state index in [9.17, 15) is 18.0 Å². The Bertz CT molecular complexity index is 1680. The second-order valence-corrected chi connectivity index (χ2v) is 12.0. The maximum absolute atomic E-state index is 13.5. The number of rotatable bonds is 12. The molecule has 11 heteroatoms. The summed E-state index contributed by atoms with van der Waals surface area (Å²) in [6, 6.07) is 28.8. The summed E-state index contributed by atoms with van der Waals surface area (Å²) >= 11 is 6.11. The molecule has 0 saturated carbocycles. The van der Waals surface area contributed by atoms with E-state index in [1.807, 2.05) is 44.2 Å². The number of carbonyl (C=O) groups is 2. The third kappa shape index (κ3) is 8.91. The average Bonchev–Trinajstić information content (AvgIpc) is 3.00. The quantitative estimate of drug-likeness (QED) is 0.166. The third-order valence-corrected chi connectivity index (χ3v) is 8.35. The highest BCUT2D eigenvalue weighted by Gasteiger charge is 2.27. The van der Waals surface area contributed by atoms with E-state index in [-0.39, 0.29) is 29.1 Å². The van der Waals surface area contributed by atoms with Crippen LogP contribution in [0.25, 0.3) is 0 Å². The highest BCUT2D eigenvalue weighted by atomic mass is 35.5. The maximum Gasteiger partial charge on any atom is 0.264 e. The molecule has 2 N–H and O–H groups in total. The van der Waals surface area contributed by atoms with Gasteiger partial charge in [-0.25, -0.2) is 13.8 Å². The first-order valence-electron chi connectivity index (χ1n) is 13.4. The molecule has 0 aromatic heterocycles. The van der Waals surface area contributed by atoms with Crippen molar-refractivity contribution in [2.45, 2.75) is 24.8 Å². The number of aryl methyl sites for hydroxylation is 1. The zero-order valence-corrected chi connectivity index (χ0v) is 25.2. The lowest BCUT2D eigenvalue weighted by atomic mass is 10.1. The Labute approximate surface area is 256 Å². The molecule has 43 heavy (non-hydrogen) atoms. The van der Waals surface area contributed by atoms with Gasteiger partial charge < -0.3 is 10.1 Å². The number of nitrogens with zero attached hydrogens (tertiary/aromatic N) is 2. The summed E-state index contributed by atoms with van der Waals surface area (Å²) in [5.74, 6) is -0.411. The van der Waals surface area contributed by atoms with Gasteiger partial charge in [0.15, 0.2) is 6.61 Å². The van der Waals surface area contributed by atoms with Crippen LogP contribution in [0.1, 0.15) is 29.7 Å². The fourth-order valence-corrected chi connectivity index (χ4v) is 5.63. The van der Waals surface area contributed by atoms with Crippen molar-refractivity contribution in [1.29, 1.82) is 0 Å². The second kappa shape index (κ2) is 14.5. The van der Waals surface area contributed by atoms with Gasteiger partial charge in [-0.2, -0.15) is 5.10 Å². The van der Waals surface area contributed by atoms with Crippen LogP contribution in [0.4, 0.5) is 5.69 Å². The van der Waals surface area contributed by atoms with Crippen molar-refractivity contribution in [1.82, 2.24) is 10.7 Å². The Morgan fingerprint density at radius 3 is 2.30 bits per heavy atom. The lowest BCUT2D eigenvalue weighted by molar-refractivity contribution is -0.123. The predicted molar refractivity (Wildman–Crippen MR) is 168 cm³/mol. The van der Waals surface area contributed by atoms with Gasteiger partial charge in [-0.1, -0.05) is 65.7 Å². The van der Waals surface area contributed by atoms with E-state index in [1.165, 1.54) is 24.4 Å². The first-order chi connectivity index (χ1) is 20.6.